The maximum absolute atomic E-state index is 11.6. The molecule has 1 aromatic rings. The molecule has 2 rings (SSSR count). The van der Waals surface area contributed by atoms with Crippen molar-refractivity contribution in [1.82, 2.24) is 10.6 Å². The minimum atomic E-state index is -0.706. The van der Waals surface area contributed by atoms with Gasteiger partial charge in [-0.15, -0.1) is 12.4 Å². The van der Waals surface area contributed by atoms with E-state index in [1.807, 2.05) is 38.1 Å². The van der Waals surface area contributed by atoms with E-state index < -0.39 is 6.10 Å². The average Bonchev–Trinajstić information content (AvgIpc) is 3.27. The molecule has 1 unspecified atom stereocenters. The van der Waals surface area contributed by atoms with Gasteiger partial charge in [0.15, 0.2) is 0 Å². The Balaban J connectivity index is 0.00000242. The molecule has 0 radical (unpaired) electrons. The zero-order valence-electron chi connectivity index (χ0n) is 13.0. The quantitative estimate of drug-likeness (QED) is 0.680. The molecule has 1 aromatic carbocycles. The molecule has 1 amide bonds. The number of hydrogen-bond donors (Lipinski definition) is 3. The van der Waals surface area contributed by atoms with Crippen LogP contribution in [0, 0.1) is 0 Å². The number of halogens is 1. The van der Waals surface area contributed by atoms with Crippen LogP contribution in [-0.2, 0) is 4.79 Å². The van der Waals surface area contributed by atoms with Crippen LogP contribution in [0.5, 0.6) is 5.75 Å². The van der Waals surface area contributed by atoms with E-state index in [9.17, 15) is 9.90 Å². The maximum atomic E-state index is 11.6. The van der Waals surface area contributed by atoms with Crippen LogP contribution < -0.4 is 15.4 Å². The first-order valence-electron chi connectivity index (χ1n) is 7.49. The van der Waals surface area contributed by atoms with Gasteiger partial charge in [-0.3, -0.25) is 4.79 Å². The maximum Gasteiger partial charge on any atom is 0.234 e. The second-order valence-corrected chi connectivity index (χ2v) is 5.71. The first-order valence-corrected chi connectivity index (χ1v) is 7.49. The van der Waals surface area contributed by atoms with Gasteiger partial charge in [-0.2, -0.15) is 0 Å². The van der Waals surface area contributed by atoms with Gasteiger partial charge in [-0.05, 0) is 44.4 Å². The van der Waals surface area contributed by atoms with E-state index in [-0.39, 0.29) is 31.0 Å². The lowest BCUT2D eigenvalue weighted by molar-refractivity contribution is -0.120. The van der Waals surface area contributed by atoms with Crippen molar-refractivity contribution in [3.05, 3.63) is 29.8 Å². The molecule has 0 bridgehead atoms. The van der Waals surface area contributed by atoms with Crippen LogP contribution in [0.3, 0.4) is 0 Å². The van der Waals surface area contributed by atoms with Crippen LogP contribution in [-0.4, -0.2) is 36.2 Å². The Hall–Kier alpha value is -1.30. The third-order valence-electron chi connectivity index (χ3n) is 3.26. The lowest BCUT2D eigenvalue weighted by Gasteiger charge is -2.14. The van der Waals surface area contributed by atoms with E-state index in [1.165, 1.54) is 0 Å². The molecule has 1 aliphatic carbocycles. The predicted octanol–water partition coefficient (Wildman–Crippen LogP) is 1.80. The molecule has 0 saturated heterocycles. The van der Waals surface area contributed by atoms with Crippen LogP contribution in [0.4, 0.5) is 0 Å². The van der Waals surface area contributed by atoms with Crippen molar-refractivity contribution < 1.29 is 14.6 Å². The fourth-order valence-corrected chi connectivity index (χ4v) is 1.96. The van der Waals surface area contributed by atoms with Crippen LogP contribution in [0.1, 0.15) is 38.4 Å². The van der Waals surface area contributed by atoms with Gasteiger partial charge in [-0.25, -0.2) is 0 Å². The number of nitrogens with one attached hydrogen (secondary N) is 2. The summed E-state index contributed by atoms with van der Waals surface area (Å²) in [6.07, 6.45) is 1.73. The smallest absolute Gasteiger partial charge is 0.234 e. The van der Waals surface area contributed by atoms with Gasteiger partial charge >= 0.3 is 0 Å². The van der Waals surface area contributed by atoms with Gasteiger partial charge in [0.1, 0.15) is 5.75 Å². The number of hydrogen-bond acceptors (Lipinski definition) is 4. The monoisotopic (exact) mass is 328 g/mol. The normalized spacial score (nSPS) is 15.1. The van der Waals surface area contributed by atoms with Gasteiger partial charge in [0, 0.05) is 12.6 Å². The average molecular weight is 329 g/mol. The van der Waals surface area contributed by atoms with Crippen molar-refractivity contribution in [2.45, 2.75) is 44.9 Å². The third-order valence-corrected chi connectivity index (χ3v) is 3.26. The number of amides is 1. The van der Waals surface area contributed by atoms with Gasteiger partial charge in [0.05, 0.1) is 18.8 Å². The second kappa shape index (κ2) is 8.98. The molecule has 0 aromatic heterocycles. The minimum absolute atomic E-state index is 0. The third kappa shape index (κ3) is 6.64. The predicted molar refractivity (Wildman–Crippen MR) is 88.4 cm³/mol. The Kier molecular flexibility index (Phi) is 7.65. The number of aliphatic hydroxyl groups excluding tert-OH is 1. The standard InChI is InChI=1S/C16H24N2O3.ClH/c1-11(2)21-14-7-3-12(4-8-14)15(19)9-18-16(20)10-17-13-5-6-13;/h3-4,7-8,11,13,15,17,19H,5-6,9-10H2,1-2H3,(H,18,20);1H. The Morgan fingerprint density at radius 2 is 1.95 bits per heavy atom. The molecular weight excluding hydrogens is 304 g/mol. The summed E-state index contributed by atoms with van der Waals surface area (Å²) < 4.78 is 5.55. The first-order chi connectivity index (χ1) is 10.0. The molecule has 6 heteroatoms. The summed E-state index contributed by atoms with van der Waals surface area (Å²) in [5.41, 5.74) is 0.765. The van der Waals surface area contributed by atoms with E-state index in [2.05, 4.69) is 10.6 Å². The first kappa shape index (κ1) is 18.7. The van der Waals surface area contributed by atoms with Crippen LogP contribution >= 0.6 is 12.4 Å². The molecule has 22 heavy (non-hydrogen) atoms. The zero-order valence-corrected chi connectivity index (χ0v) is 13.9. The van der Waals surface area contributed by atoms with Crippen molar-refractivity contribution >= 4 is 18.3 Å². The van der Waals surface area contributed by atoms with E-state index in [0.29, 0.717) is 12.6 Å². The molecule has 1 fully saturated rings. The molecule has 0 heterocycles. The van der Waals surface area contributed by atoms with Crippen molar-refractivity contribution in [2.75, 3.05) is 13.1 Å². The van der Waals surface area contributed by atoms with Crippen molar-refractivity contribution in [1.29, 1.82) is 0 Å². The number of benzene rings is 1. The number of ether oxygens (including phenoxy) is 1. The summed E-state index contributed by atoms with van der Waals surface area (Å²) in [6, 6.07) is 7.80. The summed E-state index contributed by atoms with van der Waals surface area (Å²) in [5, 5.41) is 15.9. The van der Waals surface area contributed by atoms with Crippen molar-refractivity contribution in [3.63, 3.8) is 0 Å². The van der Waals surface area contributed by atoms with Crippen LogP contribution in [0.25, 0.3) is 0 Å². The van der Waals surface area contributed by atoms with E-state index in [0.717, 1.165) is 24.2 Å². The van der Waals surface area contributed by atoms with Gasteiger partial charge in [-0.1, -0.05) is 12.1 Å². The lowest BCUT2D eigenvalue weighted by atomic mass is 10.1. The number of aliphatic hydroxyl groups is 1. The Labute approximate surface area is 137 Å². The van der Waals surface area contributed by atoms with Crippen LogP contribution in [0.2, 0.25) is 0 Å². The molecule has 124 valence electrons. The molecule has 3 N–H and O–H groups in total. The van der Waals surface area contributed by atoms with Crippen molar-refractivity contribution in [2.24, 2.45) is 0 Å². The highest BCUT2D eigenvalue weighted by Gasteiger charge is 2.21. The lowest BCUT2D eigenvalue weighted by Crippen LogP contribution is -2.36. The Bertz CT molecular complexity index is 461. The highest BCUT2D eigenvalue weighted by molar-refractivity contribution is 5.85. The fraction of sp³-hybridized carbons (Fsp3) is 0.562. The Morgan fingerprint density at radius 1 is 1.32 bits per heavy atom. The van der Waals surface area contributed by atoms with E-state index in [1.54, 1.807) is 0 Å². The molecule has 5 nitrogen and oxygen atoms in total. The molecule has 1 atom stereocenters. The summed E-state index contributed by atoms with van der Waals surface area (Å²) in [4.78, 5) is 11.6. The molecule has 0 spiro atoms. The highest BCUT2D eigenvalue weighted by Crippen LogP contribution is 2.19. The number of carbonyl (C=O) groups is 1. The van der Waals surface area contributed by atoms with Gasteiger partial charge in [0.2, 0.25) is 5.91 Å². The second-order valence-electron chi connectivity index (χ2n) is 5.71. The molecule has 0 aliphatic heterocycles. The fourth-order valence-electron chi connectivity index (χ4n) is 1.96. The molecule has 1 aliphatic rings. The summed E-state index contributed by atoms with van der Waals surface area (Å²) in [7, 11) is 0. The Morgan fingerprint density at radius 3 is 2.50 bits per heavy atom. The summed E-state index contributed by atoms with van der Waals surface area (Å²) in [6.45, 7) is 4.47. The van der Waals surface area contributed by atoms with Gasteiger partial charge < -0.3 is 20.5 Å². The number of rotatable bonds is 8. The molecule has 1 saturated carbocycles. The minimum Gasteiger partial charge on any atom is -0.491 e. The zero-order chi connectivity index (χ0) is 15.2. The van der Waals surface area contributed by atoms with Crippen LogP contribution in [0.15, 0.2) is 24.3 Å². The SMILES string of the molecule is CC(C)Oc1ccc(C(O)CNC(=O)CNC2CC2)cc1.Cl. The topological polar surface area (TPSA) is 70.6 Å². The molecular formula is C16H25ClN2O3. The summed E-state index contributed by atoms with van der Waals surface area (Å²) >= 11 is 0. The summed E-state index contributed by atoms with van der Waals surface area (Å²) in [5.74, 6) is 0.694. The largest absolute Gasteiger partial charge is 0.491 e. The van der Waals surface area contributed by atoms with Crippen molar-refractivity contribution in [3.8, 4) is 5.75 Å². The van der Waals surface area contributed by atoms with E-state index >= 15 is 0 Å². The number of carbonyl (C=O) groups excluding carboxylic acids is 1. The van der Waals surface area contributed by atoms with Gasteiger partial charge in [0.25, 0.3) is 0 Å². The van der Waals surface area contributed by atoms with E-state index in [4.69, 9.17) is 4.74 Å². The highest BCUT2D eigenvalue weighted by atomic mass is 35.5.